The highest BCUT2D eigenvalue weighted by Gasteiger charge is 2.38. The van der Waals surface area contributed by atoms with Crippen LogP contribution in [0.2, 0.25) is 0 Å². The van der Waals surface area contributed by atoms with Gasteiger partial charge in [-0.1, -0.05) is 20.8 Å². The molecule has 2 aliphatic heterocycles. The van der Waals surface area contributed by atoms with Gasteiger partial charge in [-0.3, -0.25) is 9.88 Å². The lowest BCUT2D eigenvalue weighted by Crippen LogP contribution is -2.28. The van der Waals surface area contributed by atoms with Gasteiger partial charge in [-0.25, -0.2) is 0 Å². The molecule has 2 fully saturated rings. The number of rotatable bonds is 2. The van der Waals surface area contributed by atoms with Crippen molar-refractivity contribution in [3.05, 3.63) is 29.1 Å². The van der Waals surface area contributed by atoms with E-state index in [0.29, 0.717) is 0 Å². The number of nitriles is 1. The summed E-state index contributed by atoms with van der Waals surface area (Å²) < 4.78 is 0. The van der Waals surface area contributed by atoms with Gasteiger partial charge in [-0.15, -0.1) is 0 Å². The van der Waals surface area contributed by atoms with Crippen LogP contribution in [0, 0.1) is 11.3 Å². The highest BCUT2D eigenvalue weighted by atomic mass is 15.2. The molecule has 0 unspecified atom stereocenters. The molecule has 106 valence electrons. The van der Waals surface area contributed by atoms with Gasteiger partial charge in [0.1, 0.15) is 6.07 Å². The minimum atomic E-state index is -0.0731. The van der Waals surface area contributed by atoms with Crippen LogP contribution in [0.25, 0.3) is 0 Å². The largest absolute Gasteiger partial charge is 0.293 e. The van der Waals surface area contributed by atoms with Gasteiger partial charge in [0.15, 0.2) is 0 Å². The predicted molar refractivity (Wildman–Crippen MR) is 79.2 cm³/mol. The Morgan fingerprint density at radius 3 is 2.35 bits per heavy atom. The van der Waals surface area contributed by atoms with Gasteiger partial charge in [-0.2, -0.15) is 5.26 Å². The Kier molecular flexibility index (Phi) is 3.30. The Balaban J connectivity index is 1.84. The van der Waals surface area contributed by atoms with Crippen molar-refractivity contribution in [2.45, 2.75) is 70.5 Å². The zero-order valence-electron chi connectivity index (χ0n) is 12.7. The molecule has 2 aliphatic rings. The van der Waals surface area contributed by atoms with Crippen LogP contribution in [0.3, 0.4) is 0 Å². The van der Waals surface area contributed by atoms with E-state index >= 15 is 0 Å². The van der Waals surface area contributed by atoms with Crippen LogP contribution in [0.5, 0.6) is 0 Å². The minimum absolute atomic E-state index is 0.0731. The summed E-state index contributed by atoms with van der Waals surface area (Å²) in [6.07, 6.45) is 7.37. The Hall–Kier alpha value is -1.40. The fourth-order valence-electron chi connectivity index (χ4n) is 3.77. The van der Waals surface area contributed by atoms with E-state index in [4.69, 9.17) is 0 Å². The first-order valence-corrected chi connectivity index (χ1v) is 7.64. The van der Waals surface area contributed by atoms with Crippen LogP contribution in [0.1, 0.15) is 63.3 Å². The van der Waals surface area contributed by atoms with Crippen LogP contribution >= 0.6 is 0 Å². The van der Waals surface area contributed by atoms with E-state index in [2.05, 4.69) is 36.7 Å². The third-order valence-corrected chi connectivity index (χ3v) is 4.74. The Morgan fingerprint density at radius 1 is 1.25 bits per heavy atom. The Labute approximate surface area is 121 Å². The van der Waals surface area contributed by atoms with Crippen molar-refractivity contribution < 1.29 is 0 Å². The van der Waals surface area contributed by atoms with Crippen LogP contribution in [-0.2, 0) is 12.0 Å². The van der Waals surface area contributed by atoms with E-state index in [0.717, 1.165) is 29.9 Å². The third-order valence-electron chi connectivity index (χ3n) is 4.74. The zero-order chi connectivity index (χ0) is 14.3. The fourth-order valence-corrected chi connectivity index (χ4v) is 3.77. The average molecular weight is 269 g/mol. The van der Waals surface area contributed by atoms with Crippen LogP contribution in [0.15, 0.2) is 12.3 Å². The number of hydrogen-bond donors (Lipinski definition) is 0. The summed E-state index contributed by atoms with van der Waals surface area (Å²) in [7, 11) is 0. The van der Waals surface area contributed by atoms with E-state index in [-0.39, 0.29) is 5.41 Å². The van der Waals surface area contributed by atoms with E-state index < -0.39 is 0 Å². The maximum Gasteiger partial charge on any atom is 0.101 e. The number of pyridine rings is 1. The summed E-state index contributed by atoms with van der Waals surface area (Å²) in [4.78, 5) is 7.20. The highest BCUT2D eigenvalue weighted by Crippen LogP contribution is 2.38. The molecule has 0 spiro atoms. The number of fused-ring (bicyclic) bond motifs is 2. The van der Waals surface area contributed by atoms with Crippen molar-refractivity contribution in [1.29, 1.82) is 5.26 Å². The summed E-state index contributed by atoms with van der Waals surface area (Å²) in [5.74, 6) is 0. The molecule has 0 aromatic carbocycles. The van der Waals surface area contributed by atoms with Gasteiger partial charge >= 0.3 is 0 Å². The molecule has 0 radical (unpaired) electrons. The second-order valence-corrected chi connectivity index (χ2v) is 7.24. The van der Waals surface area contributed by atoms with Crippen molar-refractivity contribution in [3.8, 4) is 6.07 Å². The quantitative estimate of drug-likeness (QED) is 0.826. The second-order valence-electron chi connectivity index (χ2n) is 7.24. The third kappa shape index (κ3) is 2.33. The van der Waals surface area contributed by atoms with E-state index in [9.17, 15) is 5.26 Å². The molecule has 20 heavy (non-hydrogen) atoms. The summed E-state index contributed by atoms with van der Waals surface area (Å²) in [5.41, 5.74) is 2.76. The monoisotopic (exact) mass is 269 g/mol. The Bertz CT molecular complexity index is 530. The fraction of sp³-hybridized carbons (Fsp3) is 0.647. The van der Waals surface area contributed by atoms with Gasteiger partial charge in [-0.05, 0) is 37.3 Å². The van der Waals surface area contributed by atoms with Crippen molar-refractivity contribution in [2.24, 2.45) is 0 Å². The van der Waals surface area contributed by atoms with Crippen LogP contribution < -0.4 is 0 Å². The van der Waals surface area contributed by atoms with Crippen LogP contribution in [0.4, 0.5) is 0 Å². The lowest BCUT2D eigenvalue weighted by Gasteiger charge is -2.23. The molecule has 3 heteroatoms. The van der Waals surface area contributed by atoms with E-state index in [1.165, 1.54) is 31.2 Å². The number of hydrogen-bond acceptors (Lipinski definition) is 3. The van der Waals surface area contributed by atoms with Gasteiger partial charge in [0.2, 0.25) is 0 Å². The normalized spacial score (nSPS) is 25.9. The molecule has 3 heterocycles. The van der Waals surface area contributed by atoms with Gasteiger partial charge in [0, 0.05) is 30.2 Å². The molecular formula is C17H23N3. The summed E-state index contributed by atoms with van der Waals surface area (Å²) in [6, 6.07) is 5.91. The summed E-state index contributed by atoms with van der Waals surface area (Å²) in [5, 5.41) is 9.38. The van der Waals surface area contributed by atoms with Gasteiger partial charge in [0.05, 0.1) is 11.3 Å². The Morgan fingerprint density at radius 2 is 1.85 bits per heavy atom. The molecular weight excluding hydrogens is 246 g/mol. The van der Waals surface area contributed by atoms with Crippen molar-refractivity contribution >= 4 is 0 Å². The summed E-state index contributed by atoms with van der Waals surface area (Å²) >= 11 is 0. The van der Waals surface area contributed by atoms with Crippen molar-refractivity contribution in [3.63, 3.8) is 0 Å². The lowest BCUT2D eigenvalue weighted by molar-refractivity contribution is 0.243. The molecule has 1 aromatic rings. The van der Waals surface area contributed by atoms with Gasteiger partial charge < -0.3 is 0 Å². The number of nitrogens with zero attached hydrogens (tertiary/aromatic N) is 3. The summed E-state index contributed by atoms with van der Waals surface area (Å²) in [6.45, 7) is 7.28. The van der Waals surface area contributed by atoms with Gasteiger partial charge in [0.25, 0.3) is 0 Å². The maximum absolute atomic E-state index is 9.38. The first kappa shape index (κ1) is 13.6. The second kappa shape index (κ2) is 4.86. The van der Waals surface area contributed by atoms with Crippen molar-refractivity contribution in [2.75, 3.05) is 0 Å². The molecule has 0 N–H and O–H groups in total. The lowest BCUT2D eigenvalue weighted by atomic mass is 9.88. The average Bonchev–Trinajstić information content (AvgIpc) is 2.97. The molecule has 0 atom stereocenters. The van der Waals surface area contributed by atoms with E-state index in [1.807, 2.05) is 12.3 Å². The van der Waals surface area contributed by atoms with Crippen molar-refractivity contribution in [1.82, 2.24) is 9.88 Å². The molecule has 1 aromatic heterocycles. The molecule has 3 rings (SSSR count). The first-order valence-electron chi connectivity index (χ1n) is 7.64. The molecule has 0 saturated carbocycles. The molecule has 0 amide bonds. The molecule has 2 saturated heterocycles. The molecule has 3 nitrogen and oxygen atoms in total. The SMILES string of the molecule is CC(C)(C)c1ncc(CN2C3CCC2CC3)cc1C#N. The molecule has 0 aliphatic carbocycles. The molecule has 2 bridgehead atoms. The highest BCUT2D eigenvalue weighted by molar-refractivity contribution is 5.39. The smallest absolute Gasteiger partial charge is 0.101 e. The standard InChI is InChI=1S/C17H23N3/c1-17(2,3)16-13(9-18)8-12(10-19-16)11-20-14-4-5-15(20)7-6-14/h8,10,14-15H,4-7,11H2,1-3H3. The van der Waals surface area contributed by atoms with E-state index in [1.54, 1.807) is 0 Å². The van der Waals surface area contributed by atoms with Crippen LogP contribution in [-0.4, -0.2) is 22.0 Å². The number of aromatic nitrogens is 1. The minimum Gasteiger partial charge on any atom is -0.293 e. The first-order chi connectivity index (χ1) is 9.49. The zero-order valence-corrected chi connectivity index (χ0v) is 12.7. The topological polar surface area (TPSA) is 39.9 Å². The maximum atomic E-state index is 9.38. The predicted octanol–water partition coefficient (Wildman–Crippen LogP) is 3.38.